The molecule has 5 rings (SSSR count). The second-order valence-corrected chi connectivity index (χ2v) is 10.5. The summed E-state index contributed by atoms with van der Waals surface area (Å²) in [6.07, 6.45) is 3.71. The lowest BCUT2D eigenvalue weighted by atomic mass is 9.96. The molecule has 202 valence electrons. The van der Waals surface area contributed by atoms with Crippen LogP contribution in [-0.2, 0) is 0 Å². The highest BCUT2D eigenvalue weighted by atomic mass is 19.1. The Kier molecular flexibility index (Phi) is 7.51. The van der Waals surface area contributed by atoms with Crippen molar-refractivity contribution >= 4 is 22.8 Å². The first kappa shape index (κ1) is 26.6. The Hall–Kier alpha value is -4.00. The number of para-hydroxylation sites is 1. The van der Waals surface area contributed by atoms with E-state index in [1.54, 1.807) is 12.3 Å². The molecule has 1 aromatic heterocycles. The third-order valence-electron chi connectivity index (χ3n) is 7.37. The molecule has 0 radical (unpaired) electrons. The molecule has 0 aliphatic carbocycles. The van der Waals surface area contributed by atoms with Crippen LogP contribution in [-0.4, -0.2) is 35.6 Å². The molecule has 0 saturated carbocycles. The molecule has 4 aromatic rings. The first-order valence-corrected chi connectivity index (χ1v) is 13.7. The maximum absolute atomic E-state index is 15.1. The van der Waals surface area contributed by atoms with Gasteiger partial charge in [0.1, 0.15) is 11.6 Å². The number of hydrogen-bond donors (Lipinski definition) is 0. The van der Waals surface area contributed by atoms with Crippen LogP contribution in [0.25, 0.3) is 22.3 Å². The van der Waals surface area contributed by atoms with E-state index in [4.69, 9.17) is 9.72 Å². The molecule has 0 atom stereocenters. The molecule has 3 aromatic carbocycles. The number of halogens is 1. The van der Waals surface area contributed by atoms with Crippen LogP contribution in [0.1, 0.15) is 61.8 Å². The zero-order chi connectivity index (χ0) is 27.7. The number of fused-ring (bicyclic) bond motifs is 1. The lowest BCUT2D eigenvalue weighted by Gasteiger charge is -2.19. The Morgan fingerprint density at radius 2 is 1.82 bits per heavy atom. The molecule has 7 heteroatoms. The highest BCUT2D eigenvalue weighted by Gasteiger charge is 2.20. The number of rotatable bonds is 7. The maximum atomic E-state index is 15.1. The molecule has 0 bridgehead atoms. The van der Waals surface area contributed by atoms with Crippen molar-refractivity contribution in [3.8, 4) is 17.1 Å². The van der Waals surface area contributed by atoms with Crippen LogP contribution >= 0.6 is 0 Å². The number of benzene rings is 3. The minimum Gasteiger partial charge on any atom is -0.494 e. The van der Waals surface area contributed by atoms with Gasteiger partial charge in [-0.1, -0.05) is 26.0 Å². The van der Waals surface area contributed by atoms with Gasteiger partial charge in [0.2, 0.25) is 0 Å². The van der Waals surface area contributed by atoms with Crippen LogP contribution in [0.5, 0.6) is 5.75 Å². The number of aryl methyl sites for hydroxylation is 2. The third kappa shape index (κ3) is 5.18. The largest absolute Gasteiger partial charge is 0.494 e. The van der Waals surface area contributed by atoms with Crippen molar-refractivity contribution < 1.29 is 9.13 Å². The smallest absolute Gasteiger partial charge is 0.282 e. The zero-order valence-electron chi connectivity index (χ0n) is 23.3. The van der Waals surface area contributed by atoms with E-state index in [0.29, 0.717) is 34.6 Å². The normalized spacial score (nSPS) is 13.8. The van der Waals surface area contributed by atoms with Gasteiger partial charge in [-0.2, -0.15) is 9.78 Å². The predicted molar refractivity (Wildman–Crippen MR) is 157 cm³/mol. The van der Waals surface area contributed by atoms with Gasteiger partial charge in [-0.05, 0) is 92.6 Å². The molecule has 0 amide bonds. The first-order chi connectivity index (χ1) is 18.8. The molecule has 1 fully saturated rings. The standard InChI is InChI=1S/C32H35FN4O2/c1-6-39-30-16-22(5)26(18-25(30)20(2)3)31-35-28-12-8-7-11-24(28)32(38)37(31)34-19-23-17-27(33)29(15-21(23)4)36-13-9-10-14-36/h7-8,11-12,15-20H,6,9-10,13-14H2,1-5H3. The number of nitrogens with zero attached hydrogens (tertiary/aromatic N) is 4. The minimum atomic E-state index is -0.280. The van der Waals surface area contributed by atoms with E-state index in [1.807, 2.05) is 57.2 Å². The Labute approximate surface area is 228 Å². The lowest BCUT2D eigenvalue weighted by Crippen LogP contribution is -2.21. The molecule has 1 aliphatic heterocycles. The number of hydrogen-bond acceptors (Lipinski definition) is 5. The van der Waals surface area contributed by atoms with Crippen LogP contribution in [0.3, 0.4) is 0 Å². The van der Waals surface area contributed by atoms with Crippen LogP contribution in [0.4, 0.5) is 10.1 Å². The van der Waals surface area contributed by atoms with E-state index >= 15 is 4.39 Å². The van der Waals surface area contributed by atoms with Crippen molar-refractivity contribution in [2.45, 2.75) is 53.4 Å². The summed E-state index contributed by atoms with van der Waals surface area (Å²) in [5.41, 5.74) is 5.21. The summed E-state index contributed by atoms with van der Waals surface area (Å²) >= 11 is 0. The number of aromatic nitrogens is 2. The van der Waals surface area contributed by atoms with E-state index < -0.39 is 0 Å². The van der Waals surface area contributed by atoms with Crippen LogP contribution < -0.4 is 15.2 Å². The average molecular weight is 527 g/mol. The van der Waals surface area contributed by atoms with Crippen molar-refractivity contribution in [2.24, 2.45) is 5.10 Å². The molecule has 1 saturated heterocycles. The molecule has 39 heavy (non-hydrogen) atoms. The van der Waals surface area contributed by atoms with E-state index in [-0.39, 0.29) is 17.3 Å². The fourth-order valence-corrected chi connectivity index (χ4v) is 5.22. The Bertz CT molecular complexity index is 1620. The molecule has 6 nitrogen and oxygen atoms in total. The summed E-state index contributed by atoms with van der Waals surface area (Å²) in [7, 11) is 0. The molecule has 0 N–H and O–H groups in total. The van der Waals surface area contributed by atoms with Crippen LogP contribution in [0.2, 0.25) is 0 Å². The van der Waals surface area contributed by atoms with Gasteiger partial charge in [-0.25, -0.2) is 9.37 Å². The van der Waals surface area contributed by atoms with E-state index in [9.17, 15) is 4.79 Å². The minimum absolute atomic E-state index is 0.203. The number of ether oxygens (including phenoxy) is 1. The quantitative estimate of drug-likeness (QED) is 0.248. The van der Waals surface area contributed by atoms with Crippen molar-refractivity contribution in [1.29, 1.82) is 0 Å². The van der Waals surface area contributed by atoms with E-state index in [0.717, 1.165) is 53.9 Å². The fourth-order valence-electron chi connectivity index (χ4n) is 5.22. The summed E-state index contributed by atoms with van der Waals surface area (Å²) < 4.78 is 22.4. The predicted octanol–water partition coefficient (Wildman–Crippen LogP) is 6.82. The SMILES string of the molecule is CCOc1cc(C)c(-c2nc3ccccc3c(=O)n2N=Cc2cc(F)c(N3CCCC3)cc2C)cc1C(C)C. The summed E-state index contributed by atoms with van der Waals surface area (Å²) in [6, 6.07) is 14.7. The van der Waals surface area contributed by atoms with Gasteiger partial charge in [0.15, 0.2) is 5.82 Å². The molecule has 0 unspecified atom stereocenters. The monoisotopic (exact) mass is 526 g/mol. The zero-order valence-corrected chi connectivity index (χ0v) is 23.3. The van der Waals surface area contributed by atoms with Crippen LogP contribution in [0.15, 0.2) is 58.4 Å². The van der Waals surface area contributed by atoms with Crippen molar-refractivity contribution in [2.75, 3.05) is 24.6 Å². The van der Waals surface area contributed by atoms with Gasteiger partial charge < -0.3 is 9.64 Å². The van der Waals surface area contributed by atoms with Crippen molar-refractivity contribution in [3.63, 3.8) is 0 Å². The summed E-state index contributed by atoms with van der Waals surface area (Å²) in [6.45, 7) is 12.4. The Balaban J connectivity index is 1.67. The van der Waals surface area contributed by atoms with Crippen molar-refractivity contribution in [1.82, 2.24) is 9.66 Å². The summed E-state index contributed by atoms with van der Waals surface area (Å²) in [4.78, 5) is 20.7. The molecular formula is C32H35FN4O2. The summed E-state index contributed by atoms with van der Waals surface area (Å²) in [5, 5.41) is 5.08. The number of anilines is 1. The van der Waals surface area contributed by atoms with Gasteiger partial charge in [-0.15, -0.1) is 0 Å². The lowest BCUT2D eigenvalue weighted by molar-refractivity contribution is 0.335. The fraction of sp³-hybridized carbons (Fsp3) is 0.344. The highest BCUT2D eigenvalue weighted by Crippen LogP contribution is 2.34. The van der Waals surface area contributed by atoms with Gasteiger partial charge in [0.05, 0.1) is 29.4 Å². The van der Waals surface area contributed by atoms with Gasteiger partial charge >= 0.3 is 0 Å². The van der Waals surface area contributed by atoms with Gasteiger partial charge in [0, 0.05) is 24.2 Å². The van der Waals surface area contributed by atoms with E-state index in [2.05, 4.69) is 23.8 Å². The molecule has 2 heterocycles. The van der Waals surface area contributed by atoms with E-state index in [1.165, 1.54) is 10.7 Å². The molecule has 0 spiro atoms. The Morgan fingerprint density at radius 3 is 2.54 bits per heavy atom. The van der Waals surface area contributed by atoms with Crippen molar-refractivity contribution in [3.05, 3.63) is 87.0 Å². The van der Waals surface area contributed by atoms with Crippen LogP contribution in [0, 0.1) is 19.7 Å². The van der Waals surface area contributed by atoms with Gasteiger partial charge in [0.25, 0.3) is 5.56 Å². The maximum Gasteiger partial charge on any atom is 0.282 e. The second kappa shape index (κ2) is 11.0. The second-order valence-electron chi connectivity index (χ2n) is 10.5. The average Bonchev–Trinajstić information content (AvgIpc) is 3.45. The topological polar surface area (TPSA) is 59.7 Å². The molecular weight excluding hydrogens is 491 g/mol. The first-order valence-electron chi connectivity index (χ1n) is 13.7. The third-order valence-corrected chi connectivity index (χ3v) is 7.37. The highest BCUT2D eigenvalue weighted by molar-refractivity contribution is 5.84. The summed E-state index contributed by atoms with van der Waals surface area (Å²) in [5.74, 6) is 1.19. The molecule has 1 aliphatic rings. The Morgan fingerprint density at radius 1 is 1.08 bits per heavy atom. The van der Waals surface area contributed by atoms with Gasteiger partial charge in [-0.3, -0.25) is 4.79 Å².